The van der Waals surface area contributed by atoms with Crippen molar-refractivity contribution >= 4 is 5.57 Å². The van der Waals surface area contributed by atoms with Crippen LogP contribution in [0.3, 0.4) is 0 Å². The van der Waals surface area contributed by atoms with Gasteiger partial charge in [-0.1, -0.05) is 57.0 Å². The zero-order valence-corrected chi connectivity index (χ0v) is 14.8. The first-order chi connectivity index (χ1) is 12.1. The lowest BCUT2D eigenvalue weighted by Gasteiger charge is -2.27. The monoisotopic (exact) mass is 376 g/mol. The summed E-state index contributed by atoms with van der Waals surface area (Å²) in [6.07, 6.45) is -5.51. The van der Waals surface area contributed by atoms with Crippen LogP contribution in [0.4, 0.5) is 26.3 Å². The summed E-state index contributed by atoms with van der Waals surface area (Å²) in [5.41, 5.74) is 0.990. The first-order valence-corrected chi connectivity index (χ1v) is 8.74. The van der Waals surface area contributed by atoms with Gasteiger partial charge in [-0.2, -0.15) is 26.3 Å². The van der Waals surface area contributed by atoms with Crippen molar-refractivity contribution in [1.82, 2.24) is 0 Å². The summed E-state index contributed by atoms with van der Waals surface area (Å²) < 4.78 is 79.1. The van der Waals surface area contributed by atoms with E-state index in [-0.39, 0.29) is 5.57 Å². The smallest absolute Gasteiger partial charge is 0.170 e. The molecule has 0 saturated heterocycles. The molecule has 1 unspecified atom stereocenters. The molecule has 144 valence electrons. The topological polar surface area (TPSA) is 0 Å². The van der Waals surface area contributed by atoms with Crippen LogP contribution < -0.4 is 0 Å². The van der Waals surface area contributed by atoms with E-state index in [1.807, 2.05) is 19.9 Å². The number of aryl methyl sites for hydroxylation is 2. The maximum Gasteiger partial charge on any atom is 0.412 e. The minimum absolute atomic E-state index is 0.0826. The van der Waals surface area contributed by atoms with E-state index in [1.54, 1.807) is 12.1 Å². The summed E-state index contributed by atoms with van der Waals surface area (Å²) in [5.74, 6) is -2.24. The number of hydrogen-bond donors (Lipinski definition) is 0. The van der Waals surface area contributed by atoms with Crippen molar-refractivity contribution in [3.63, 3.8) is 0 Å². The standard InChI is InChI=1S/C20H22F6/c1-3-5-13-9-14(6-4-2)11-15(10-13)17-8-7-16(19(21,22)23)12-18(17)20(24,25)26/h8-12,18H,3-7H2,1-2H3. The molecule has 0 saturated carbocycles. The van der Waals surface area contributed by atoms with Gasteiger partial charge in [0.15, 0.2) is 0 Å². The number of allylic oxidation sites excluding steroid dienone is 4. The average molecular weight is 376 g/mol. The second-order valence-corrected chi connectivity index (χ2v) is 6.61. The third kappa shape index (κ3) is 4.92. The quantitative estimate of drug-likeness (QED) is 0.382. The molecule has 2 rings (SSSR count). The van der Waals surface area contributed by atoms with Crippen molar-refractivity contribution in [1.29, 1.82) is 0 Å². The maximum atomic E-state index is 13.5. The van der Waals surface area contributed by atoms with E-state index >= 15 is 0 Å². The van der Waals surface area contributed by atoms with E-state index in [1.165, 1.54) is 0 Å². The van der Waals surface area contributed by atoms with Gasteiger partial charge in [0.1, 0.15) is 0 Å². The predicted octanol–water partition coefficient (Wildman–Crippen LogP) is 7.05. The minimum atomic E-state index is -4.77. The van der Waals surface area contributed by atoms with E-state index in [2.05, 4.69) is 0 Å². The summed E-state index contributed by atoms with van der Waals surface area (Å²) in [5, 5.41) is 0. The average Bonchev–Trinajstić information content (AvgIpc) is 2.53. The molecule has 1 aliphatic rings. The van der Waals surface area contributed by atoms with Crippen LogP contribution in [0, 0.1) is 5.92 Å². The van der Waals surface area contributed by atoms with Gasteiger partial charge in [-0.15, -0.1) is 0 Å². The molecule has 1 aromatic carbocycles. The van der Waals surface area contributed by atoms with Crippen LogP contribution in [0.5, 0.6) is 0 Å². The van der Waals surface area contributed by atoms with Gasteiger partial charge in [-0.25, -0.2) is 0 Å². The van der Waals surface area contributed by atoms with Crippen LogP contribution >= 0.6 is 0 Å². The molecule has 0 aromatic heterocycles. The van der Waals surface area contributed by atoms with Gasteiger partial charge in [0.2, 0.25) is 0 Å². The van der Waals surface area contributed by atoms with Gasteiger partial charge in [-0.3, -0.25) is 0 Å². The second kappa shape index (κ2) is 7.89. The summed E-state index contributed by atoms with van der Waals surface area (Å²) in [4.78, 5) is 0. The van der Waals surface area contributed by atoms with Crippen molar-refractivity contribution in [2.75, 3.05) is 0 Å². The third-order valence-electron chi connectivity index (χ3n) is 4.42. The van der Waals surface area contributed by atoms with Crippen LogP contribution in [-0.2, 0) is 12.8 Å². The SMILES string of the molecule is CCCc1cc(CCC)cc(C2=CCC(C(F)(F)F)=CC2C(F)(F)F)c1. The Bertz CT molecular complexity index is 667. The summed E-state index contributed by atoms with van der Waals surface area (Å²) in [6, 6.07) is 5.33. The molecule has 0 fully saturated rings. The molecule has 26 heavy (non-hydrogen) atoms. The zero-order valence-electron chi connectivity index (χ0n) is 14.8. The Kier molecular flexibility index (Phi) is 6.25. The van der Waals surface area contributed by atoms with Crippen LogP contribution in [0.25, 0.3) is 5.57 Å². The maximum absolute atomic E-state index is 13.5. The van der Waals surface area contributed by atoms with Crippen molar-refractivity contribution in [3.05, 3.63) is 52.6 Å². The second-order valence-electron chi connectivity index (χ2n) is 6.61. The fourth-order valence-electron chi connectivity index (χ4n) is 3.28. The zero-order chi connectivity index (χ0) is 19.5. The lowest BCUT2D eigenvalue weighted by Crippen LogP contribution is -2.27. The van der Waals surface area contributed by atoms with Gasteiger partial charge >= 0.3 is 12.4 Å². The minimum Gasteiger partial charge on any atom is -0.170 e. The molecule has 0 N–H and O–H groups in total. The first-order valence-electron chi connectivity index (χ1n) is 8.74. The molecule has 0 amide bonds. The fourth-order valence-corrected chi connectivity index (χ4v) is 3.28. The predicted molar refractivity (Wildman–Crippen MR) is 90.7 cm³/mol. The van der Waals surface area contributed by atoms with Gasteiger partial charge in [0.25, 0.3) is 0 Å². The van der Waals surface area contributed by atoms with Crippen molar-refractivity contribution in [2.45, 2.75) is 58.3 Å². The molecule has 1 aromatic rings. The highest BCUT2D eigenvalue weighted by atomic mass is 19.4. The van der Waals surface area contributed by atoms with Crippen molar-refractivity contribution in [2.24, 2.45) is 5.92 Å². The normalized spacial score (nSPS) is 18.5. The van der Waals surface area contributed by atoms with E-state index in [0.717, 1.165) is 42.9 Å². The number of alkyl halides is 6. The van der Waals surface area contributed by atoms with Gasteiger partial charge < -0.3 is 0 Å². The molecule has 0 spiro atoms. The Morgan fingerprint density at radius 2 is 1.42 bits per heavy atom. The lowest BCUT2D eigenvalue weighted by atomic mass is 9.83. The van der Waals surface area contributed by atoms with E-state index in [4.69, 9.17) is 0 Å². The largest absolute Gasteiger partial charge is 0.412 e. The van der Waals surface area contributed by atoms with Gasteiger partial charge in [0, 0.05) is 5.57 Å². The highest BCUT2D eigenvalue weighted by Gasteiger charge is 2.45. The Morgan fingerprint density at radius 3 is 1.85 bits per heavy atom. The summed E-state index contributed by atoms with van der Waals surface area (Å²) in [7, 11) is 0. The van der Waals surface area contributed by atoms with Crippen molar-refractivity contribution < 1.29 is 26.3 Å². The van der Waals surface area contributed by atoms with E-state index in [0.29, 0.717) is 11.6 Å². The van der Waals surface area contributed by atoms with Crippen LogP contribution in [0.15, 0.2) is 35.9 Å². The van der Waals surface area contributed by atoms with Crippen LogP contribution in [0.1, 0.15) is 49.8 Å². The molecule has 1 atom stereocenters. The van der Waals surface area contributed by atoms with E-state index in [9.17, 15) is 26.3 Å². The molecule has 6 heteroatoms. The van der Waals surface area contributed by atoms with E-state index < -0.39 is 30.3 Å². The third-order valence-corrected chi connectivity index (χ3v) is 4.42. The number of halogens is 6. The molecule has 0 heterocycles. The van der Waals surface area contributed by atoms with Gasteiger partial charge in [-0.05, 0) is 41.5 Å². The Balaban J connectivity index is 2.50. The lowest BCUT2D eigenvalue weighted by molar-refractivity contribution is -0.148. The summed E-state index contributed by atoms with van der Waals surface area (Å²) in [6.45, 7) is 3.95. The first kappa shape index (κ1) is 20.6. The number of hydrogen-bond acceptors (Lipinski definition) is 0. The highest BCUT2D eigenvalue weighted by molar-refractivity contribution is 5.72. The molecule has 1 aliphatic carbocycles. The molecule has 0 radical (unpaired) electrons. The molecular weight excluding hydrogens is 354 g/mol. The Labute approximate surface area is 149 Å². The van der Waals surface area contributed by atoms with Crippen LogP contribution in [0.2, 0.25) is 0 Å². The van der Waals surface area contributed by atoms with Gasteiger partial charge in [0.05, 0.1) is 5.92 Å². The Morgan fingerprint density at radius 1 is 0.885 bits per heavy atom. The molecule has 0 bridgehead atoms. The molecule has 0 nitrogen and oxygen atoms in total. The number of rotatable bonds is 5. The summed E-state index contributed by atoms with van der Waals surface area (Å²) >= 11 is 0. The highest BCUT2D eigenvalue weighted by Crippen LogP contribution is 2.45. The fraction of sp³-hybridized carbons (Fsp3) is 0.500. The molecular formula is C20H22F6. The Hall–Kier alpha value is -1.72. The van der Waals surface area contributed by atoms with Crippen LogP contribution in [-0.4, -0.2) is 12.4 Å². The van der Waals surface area contributed by atoms with Crippen molar-refractivity contribution in [3.8, 4) is 0 Å². The molecule has 0 aliphatic heterocycles. The number of benzene rings is 1.